The Balaban J connectivity index is 2.21. The van der Waals surface area contributed by atoms with Gasteiger partial charge in [0.2, 0.25) is 0 Å². The molecule has 0 amide bonds. The van der Waals surface area contributed by atoms with E-state index in [9.17, 15) is 5.11 Å². The summed E-state index contributed by atoms with van der Waals surface area (Å²) in [6.45, 7) is 3.76. The number of benzene rings is 2. The second-order valence-electron chi connectivity index (χ2n) is 5.82. The fourth-order valence-electron chi connectivity index (χ4n) is 2.66. The summed E-state index contributed by atoms with van der Waals surface area (Å²) in [4.78, 5) is 0. The second kappa shape index (κ2) is 9.15. The lowest BCUT2D eigenvalue weighted by Gasteiger charge is -2.22. The number of rotatable bonds is 8. The molecule has 0 aliphatic carbocycles. The first-order chi connectivity index (χ1) is 12.5. The van der Waals surface area contributed by atoms with Crippen molar-refractivity contribution < 1.29 is 24.1 Å². The summed E-state index contributed by atoms with van der Waals surface area (Å²) in [5.41, 5.74) is 1.65. The summed E-state index contributed by atoms with van der Waals surface area (Å²) in [6.07, 6.45) is 2.61. The average Bonchev–Trinajstić information content (AvgIpc) is 2.66. The Morgan fingerprint density at radius 3 is 2.19 bits per heavy atom. The monoisotopic (exact) mass is 358 g/mol. The minimum Gasteiger partial charge on any atom is -0.497 e. The van der Waals surface area contributed by atoms with Gasteiger partial charge in [0.05, 0.1) is 21.3 Å². The van der Waals surface area contributed by atoms with Crippen LogP contribution in [-0.2, 0) is 0 Å². The summed E-state index contributed by atoms with van der Waals surface area (Å²) < 4.78 is 21.8. The summed E-state index contributed by atoms with van der Waals surface area (Å²) >= 11 is 0. The molecule has 0 unspecified atom stereocenters. The largest absolute Gasteiger partial charge is 0.497 e. The van der Waals surface area contributed by atoms with Crippen molar-refractivity contribution in [1.82, 2.24) is 0 Å². The average molecular weight is 358 g/mol. The van der Waals surface area contributed by atoms with Crippen LogP contribution in [-0.4, -0.2) is 32.5 Å². The second-order valence-corrected chi connectivity index (χ2v) is 5.82. The van der Waals surface area contributed by atoms with Gasteiger partial charge < -0.3 is 24.1 Å². The number of hydrogen-bond donors (Lipinski definition) is 1. The van der Waals surface area contributed by atoms with Crippen LogP contribution in [0.25, 0.3) is 6.08 Å². The van der Waals surface area contributed by atoms with Gasteiger partial charge in [-0.05, 0) is 49.2 Å². The topological polar surface area (TPSA) is 57.2 Å². The normalized spacial score (nSPS) is 13.3. The number of hydrogen-bond acceptors (Lipinski definition) is 5. The van der Waals surface area contributed by atoms with Crippen LogP contribution in [0.5, 0.6) is 23.0 Å². The zero-order valence-corrected chi connectivity index (χ0v) is 15.9. The van der Waals surface area contributed by atoms with E-state index >= 15 is 0 Å². The highest BCUT2D eigenvalue weighted by atomic mass is 16.5. The standard InChI is InChI=1S/C21H26O5/c1-6-7-15-10-17(23-3)13-18(11-15)26-14(2)21(22)16-8-9-19(24-4)20(12-16)25-5/h6-14,21-22H,1-5H3/b7-6+/t14-,21-/m1/s1. The van der Waals surface area contributed by atoms with Gasteiger partial charge in [0.15, 0.2) is 11.5 Å². The molecular weight excluding hydrogens is 332 g/mol. The first kappa shape index (κ1) is 19.7. The Morgan fingerprint density at radius 1 is 0.885 bits per heavy atom. The van der Waals surface area contributed by atoms with Crippen molar-refractivity contribution in [2.24, 2.45) is 0 Å². The number of ether oxygens (including phenoxy) is 4. The van der Waals surface area contributed by atoms with Crippen LogP contribution in [0.4, 0.5) is 0 Å². The molecule has 2 aromatic carbocycles. The van der Waals surface area contributed by atoms with Crippen molar-refractivity contribution in [3.05, 3.63) is 53.6 Å². The molecule has 140 valence electrons. The summed E-state index contributed by atoms with van der Waals surface area (Å²) in [5, 5.41) is 10.7. The molecule has 0 spiro atoms. The Bertz CT molecular complexity index is 754. The summed E-state index contributed by atoms with van der Waals surface area (Å²) in [5.74, 6) is 2.50. The molecular formula is C21H26O5. The third kappa shape index (κ3) is 4.70. The molecule has 5 nitrogen and oxygen atoms in total. The van der Waals surface area contributed by atoms with Gasteiger partial charge in [-0.15, -0.1) is 0 Å². The molecule has 0 bridgehead atoms. The zero-order chi connectivity index (χ0) is 19.1. The molecule has 0 saturated carbocycles. The molecule has 0 heterocycles. The number of methoxy groups -OCH3 is 3. The molecule has 0 aromatic heterocycles. The van der Waals surface area contributed by atoms with Crippen LogP contribution in [0.1, 0.15) is 31.1 Å². The minimum atomic E-state index is -0.828. The molecule has 0 aliphatic heterocycles. The number of aliphatic hydroxyl groups excluding tert-OH is 1. The summed E-state index contributed by atoms with van der Waals surface area (Å²) in [6, 6.07) is 10.9. The van der Waals surface area contributed by atoms with Crippen molar-refractivity contribution in [2.45, 2.75) is 26.1 Å². The van der Waals surface area contributed by atoms with Crippen LogP contribution >= 0.6 is 0 Å². The fourth-order valence-corrected chi connectivity index (χ4v) is 2.66. The predicted octanol–water partition coefficient (Wildman–Crippen LogP) is 4.25. The maximum absolute atomic E-state index is 10.7. The molecule has 2 aromatic rings. The van der Waals surface area contributed by atoms with Gasteiger partial charge in [-0.1, -0.05) is 18.2 Å². The van der Waals surface area contributed by atoms with Gasteiger partial charge in [-0.3, -0.25) is 0 Å². The third-order valence-corrected chi connectivity index (χ3v) is 4.01. The first-order valence-electron chi connectivity index (χ1n) is 8.40. The Kier molecular flexibility index (Phi) is 6.92. The lowest BCUT2D eigenvalue weighted by atomic mass is 10.0. The zero-order valence-electron chi connectivity index (χ0n) is 15.9. The Hall–Kier alpha value is -2.66. The fraction of sp³-hybridized carbons (Fsp3) is 0.333. The third-order valence-electron chi connectivity index (χ3n) is 4.01. The lowest BCUT2D eigenvalue weighted by molar-refractivity contribution is 0.0464. The van der Waals surface area contributed by atoms with Crippen LogP contribution in [0.3, 0.4) is 0 Å². The van der Waals surface area contributed by atoms with Crippen molar-refractivity contribution in [3.8, 4) is 23.0 Å². The van der Waals surface area contributed by atoms with E-state index in [2.05, 4.69) is 0 Å². The maximum Gasteiger partial charge on any atom is 0.161 e. The number of allylic oxidation sites excluding steroid dienone is 1. The lowest BCUT2D eigenvalue weighted by Crippen LogP contribution is -2.21. The molecule has 2 rings (SSSR count). The van der Waals surface area contributed by atoms with Crippen LogP contribution < -0.4 is 18.9 Å². The molecule has 1 N–H and O–H groups in total. The number of aliphatic hydroxyl groups is 1. The predicted molar refractivity (Wildman–Crippen MR) is 102 cm³/mol. The van der Waals surface area contributed by atoms with E-state index in [1.54, 1.807) is 45.6 Å². The van der Waals surface area contributed by atoms with E-state index in [1.165, 1.54) is 0 Å². The molecule has 0 saturated heterocycles. The van der Waals surface area contributed by atoms with Gasteiger partial charge in [-0.2, -0.15) is 0 Å². The quantitative estimate of drug-likeness (QED) is 0.765. The van der Waals surface area contributed by atoms with Crippen molar-refractivity contribution in [2.75, 3.05) is 21.3 Å². The van der Waals surface area contributed by atoms with Gasteiger partial charge in [0, 0.05) is 6.07 Å². The van der Waals surface area contributed by atoms with Gasteiger partial charge in [-0.25, -0.2) is 0 Å². The van der Waals surface area contributed by atoms with Crippen molar-refractivity contribution in [3.63, 3.8) is 0 Å². The minimum absolute atomic E-state index is 0.473. The Morgan fingerprint density at radius 2 is 1.58 bits per heavy atom. The van der Waals surface area contributed by atoms with Gasteiger partial charge >= 0.3 is 0 Å². The molecule has 2 atom stereocenters. The molecule has 0 radical (unpaired) electrons. The van der Waals surface area contributed by atoms with E-state index < -0.39 is 12.2 Å². The van der Waals surface area contributed by atoms with Gasteiger partial charge in [0.1, 0.15) is 23.7 Å². The van der Waals surface area contributed by atoms with Crippen molar-refractivity contribution in [1.29, 1.82) is 0 Å². The first-order valence-corrected chi connectivity index (χ1v) is 8.40. The van der Waals surface area contributed by atoms with Crippen LogP contribution in [0, 0.1) is 0 Å². The molecule has 5 heteroatoms. The Labute approximate surface area is 154 Å². The smallest absolute Gasteiger partial charge is 0.161 e. The van der Waals surface area contributed by atoms with Crippen LogP contribution in [0.15, 0.2) is 42.5 Å². The van der Waals surface area contributed by atoms with E-state index in [0.717, 1.165) is 5.56 Å². The van der Waals surface area contributed by atoms with Crippen molar-refractivity contribution >= 4 is 6.08 Å². The highest BCUT2D eigenvalue weighted by Gasteiger charge is 2.20. The highest BCUT2D eigenvalue weighted by molar-refractivity contribution is 5.55. The maximum atomic E-state index is 10.7. The molecule has 0 fully saturated rings. The molecule has 26 heavy (non-hydrogen) atoms. The van der Waals surface area contributed by atoms with E-state index in [4.69, 9.17) is 18.9 Å². The van der Waals surface area contributed by atoms with E-state index in [1.807, 2.05) is 38.1 Å². The molecule has 0 aliphatic rings. The van der Waals surface area contributed by atoms with Crippen LogP contribution in [0.2, 0.25) is 0 Å². The highest BCUT2D eigenvalue weighted by Crippen LogP contribution is 2.32. The van der Waals surface area contributed by atoms with E-state index in [0.29, 0.717) is 28.6 Å². The van der Waals surface area contributed by atoms with E-state index in [-0.39, 0.29) is 0 Å². The SMILES string of the molecule is C/C=C/c1cc(OC)cc(O[C@H](C)[C@@H](O)c2ccc(OC)c(OC)c2)c1. The van der Waals surface area contributed by atoms with Gasteiger partial charge in [0.25, 0.3) is 0 Å². The summed E-state index contributed by atoms with van der Waals surface area (Å²) in [7, 11) is 4.75.